The third-order valence-corrected chi connectivity index (χ3v) is 7.76. The lowest BCUT2D eigenvalue weighted by molar-refractivity contribution is -0.000360. The second-order valence-corrected chi connectivity index (χ2v) is 9.91. The molecule has 2 saturated heterocycles. The molecule has 1 aromatic carbocycles. The Bertz CT molecular complexity index is 1180. The number of hydrogen-bond donors (Lipinski definition) is 0. The van der Waals surface area contributed by atoms with Crippen molar-refractivity contribution >= 4 is 51.7 Å². The van der Waals surface area contributed by atoms with Gasteiger partial charge in [-0.05, 0) is 25.2 Å². The standard InChI is InChI=1S/C23H24Cl2N4O3S/c1-30-15-9-16(31-2)19(25)17(18(15)24)14-8-13-10-26-22(33-3)28-20(13)21(27-14)29-11-23(12-29)4-6-32-7-5-23/h8-10H,4-7,11-12H2,1-3H3. The van der Waals surface area contributed by atoms with Crippen LogP contribution in [0.2, 0.25) is 10.0 Å². The molecular weight excluding hydrogens is 483 g/mol. The molecule has 2 aliphatic heterocycles. The highest BCUT2D eigenvalue weighted by Crippen LogP contribution is 2.48. The molecule has 10 heteroatoms. The van der Waals surface area contributed by atoms with E-state index in [2.05, 4.69) is 9.88 Å². The maximum atomic E-state index is 6.71. The van der Waals surface area contributed by atoms with Gasteiger partial charge >= 0.3 is 0 Å². The zero-order valence-electron chi connectivity index (χ0n) is 18.7. The van der Waals surface area contributed by atoms with Crippen LogP contribution < -0.4 is 14.4 Å². The first-order valence-corrected chi connectivity index (χ1v) is 12.6. The highest BCUT2D eigenvalue weighted by molar-refractivity contribution is 7.98. The fourth-order valence-corrected chi connectivity index (χ4v) is 5.63. The van der Waals surface area contributed by atoms with E-state index < -0.39 is 0 Å². The molecule has 4 heterocycles. The van der Waals surface area contributed by atoms with Gasteiger partial charge in [-0.1, -0.05) is 35.0 Å². The smallest absolute Gasteiger partial charge is 0.187 e. The van der Waals surface area contributed by atoms with Crippen LogP contribution in [0.4, 0.5) is 5.82 Å². The lowest BCUT2D eigenvalue weighted by Gasteiger charge is -2.52. The summed E-state index contributed by atoms with van der Waals surface area (Å²) in [5.74, 6) is 1.75. The van der Waals surface area contributed by atoms with Crippen molar-refractivity contribution in [1.29, 1.82) is 0 Å². The van der Waals surface area contributed by atoms with Crippen molar-refractivity contribution in [3.63, 3.8) is 0 Å². The van der Waals surface area contributed by atoms with Gasteiger partial charge in [0.2, 0.25) is 0 Å². The SMILES string of the molecule is COc1cc(OC)c(Cl)c(-c2cc3cnc(SC)nc3c(N3CC4(CCOCC4)C3)n2)c1Cl. The van der Waals surface area contributed by atoms with E-state index in [4.69, 9.17) is 47.4 Å². The molecule has 0 amide bonds. The largest absolute Gasteiger partial charge is 0.495 e. The quantitative estimate of drug-likeness (QED) is 0.338. The van der Waals surface area contributed by atoms with E-state index in [1.165, 1.54) is 11.8 Å². The summed E-state index contributed by atoms with van der Waals surface area (Å²) in [6.45, 7) is 3.47. The Morgan fingerprint density at radius 1 is 1.03 bits per heavy atom. The molecule has 0 atom stereocenters. The molecule has 1 spiro atoms. The number of thioether (sulfide) groups is 1. The van der Waals surface area contributed by atoms with Gasteiger partial charge < -0.3 is 19.1 Å². The summed E-state index contributed by atoms with van der Waals surface area (Å²) in [5.41, 5.74) is 2.29. The minimum Gasteiger partial charge on any atom is -0.495 e. The molecule has 2 aliphatic rings. The second kappa shape index (κ2) is 8.98. The summed E-state index contributed by atoms with van der Waals surface area (Å²) in [6, 6.07) is 3.59. The number of benzene rings is 1. The van der Waals surface area contributed by atoms with Gasteiger partial charge in [-0.25, -0.2) is 15.0 Å². The zero-order valence-corrected chi connectivity index (χ0v) is 21.0. The van der Waals surface area contributed by atoms with Crippen LogP contribution in [-0.2, 0) is 4.74 Å². The summed E-state index contributed by atoms with van der Waals surface area (Å²) >= 11 is 14.9. The Balaban J connectivity index is 1.66. The van der Waals surface area contributed by atoms with E-state index in [1.54, 1.807) is 20.3 Å². The molecule has 7 nitrogen and oxygen atoms in total. The van der Waals surface area contributed by atoms with E-state index in [1.807, 2.05) is 18.5 Å². The van der Waals surface area contributed by atoms with Crippen LogP contribution in [0.15, 0.2) is 23.5 Å². The average molecular weight is 507 g/mol. The maximum absolute atomic E-state index is 6.71. The topological polar surface area (TPSA) is 69.6 Å². The van der Waals surface area contributed by atoms with Crippen LogP contribution in [0, 0.1) is 5.41 Å². The highest BCUT2D eigenvalue weighted by atomic mass is 35.5. The Kier molecular flexibility index (Phi) is 6.20. The first-order valence-electron chi connectivity index (χ1n) is 10.6. The molecule has 33 heavy (non-hydrogen) atoms. The van der Waals surface area contributed by atoms with Crippen molar-refractivity contribution in [3.8, 4) is 22.8 Å². The highest BCUT2D eigenvalue weighted by Gasteiger charge is 2.45. The first-order chi connectivity index (χ1) is 16.0. The molecule has 0 aliphatic carbocycles. The lowest BCUT2D eigenvalue weighted by Crippen LogP contribution is -2.59. The molecule has 2 fully saturated rings. The molecule has 174 valence electrons. The summed E-state index contributed by atoms with van der Waals surface area (Å²) in [4.78, 5) is 16.6. The molecular formula is C23H24Cl2N4O3S. The van der Waals surface area contributed by atoms with Gasteiger partial charge in [0.25, 0.3) is 0 Å². The number of pyridine rings is 1. The van der Waals surface area contributed by atoms with Gasteiger partial charge in [0, 0.05) is 54.9 Å². The van der Waals surface area contributed by atoms with E-state index in [-0.39, 0.29) is 5.41 Å². The van der Waals surface area contributed by atoms with Gasteiger partial charge in [-0.15, -0.1) is 0 Å². The Morgan fingerprint density at radius 2 is 1.70 bits per heavy atom. The van der Waals surface area contributed by atoms with Crippen LogP contribution in [0.5, 0.6) is 11.5 Å². The van der Waals surface area contributed by atoms with Crippen molar-refractivity contribution in [3.05, 3.63) is 28.4 Å². The Labute approximate surface area is 206 Å². The predicted octanol–water partition coefficient (Wildman–Crippen LogP) is 5.35. The van der Waals surface area contributed by atoms with Gasteiger partial charge in [0.15, 0.2) is 11.0 Å². The number of hydrogen-bond acceptors (Lipinski definition) is 8. The van der Waals surface area contributed by atoms with Gasteiger partial charge in [0.05, 0.1) is 30.0 Å². The van der Waals surface area contributed by atoms with Crippen LogP contribution in [0.25, 0.3) is 22.2 Å². The summed E-state index contributed by atoms with van der Waals surface area (Å²) in [6.07, 6.45) is 5.92. The third-order valence-electron chi connectivity index (χ3n) is 6.44. The number of fused-ring (bicyclic) bond motifs is 1. The fraction of sp³-hybridized carbons (Fsp3) is 0.435. The number of nitrogens with zero attached hydrogens (tertiary/aromatic N) is 4. The molecule has 0 bridgehead atoms. The van der Waals surface area contributed by atoms with Crippen molar-refractivity contribution in [2.24, 2.45) is 5.41 Å². The monoisotopic (exact) mass is 506 g/mol. The van der Waals surface area contributed by atoms with Gasteiger partial charge in [-0.3, -0.25) is 0 Å². The molecule has 0 radical (unpaired) electrons. The van der Waals surface area contributed by atoms with Crippen molar-refractivity contribution in [1.82, 2.24) is 15.0 Å². The summed E-state index contributed by atoms with van der Waals surface area (Å²) in [7, 11) is 3.12. The number of ether oxygens (including phenoxy) is 3. The van der Waals surface area contributed by atoms with Gasteiger partial charge in [0.1, 0.15) is 17.0 Å². The number of anilines is 1. The first kappa shape index (κ1) is 22.8. The maximum Gasteiger partial charge on any atom is 0.187 e. The normalized spacial score (nSPS) is 17.3. The predicted molar refractivity (Wildman–Crippen MR) is 132 cm³/mol. The minimum atomic E-state index is 0.284. The molecule has 3 aromatic rings. The van der Waals surface area contributed by atoms with Crippen LogP contribution in [0.3, 0.4) is 0 Å². The van der Waals surface area contributed by atoms with E-state index in [0.717, 1.165) is 55.9 Å². The number of rotatable bonds is 5. The molecule has 0 N–H and O–H groups in total. The van der Waals surface area contributed by atoms with Gasteiger partial charge in [-0.2, -0.15) is 0 Å². The third kappa shape index (κ3) is 3.97. The van der Waals surface area contributed by atoms with E-state index in [0.29, 0.717) is 38.0 Å². The van der Waals surface area contributed by atoms with Crippen molar-refractivity contribution in [2.75, 3.05) is 51.7 Å². The van der Waals surface area contributed by atoms with Crippen LogP contribution in [-0.4, -0.2) is 61.7 Å². The van der Waals surface area contributed by atoms with E-state index in [9.17, 15) is 0 Å². The van der Waals surface area contributed by atoms with E-state index >= 15 is 0 Å². The number of halogens is 2. The molecule has 0 saturated carbocycles. The minimum absolute atomic E-state index is 0.284. The summed E-state index contributed by atoms with van der Waals surface area (Å²) in [5, 5.41) is 2.34. The van der Waals surface area contributed by atoms with Crippen molar-refractivity contribution in [2.45, 2.75) is 18.0 Å². The Morgan fingerprint density at radius 3 is 2.30 bits per heavy atom. The van der Waals surface area contributed by atoms with Crippen LogP contribution >= 0.6 is 35.0 Å². The fourth-order valence-electron chi connectivity index (χ4n) is 4.60. The molecule has 5 rings (SSSR count). The Hall–Kier alpha value is -2.00. The van der Waals surface area contributed by atoms with Crippen molar-refractivity contribution < 1.29 is 14.2 Å². The lowest BCUT2D eigenvalue weighted by atomic mass is 9.73. The van der Waals surface area contributed by atoms with Crippen LogP contribution in [0.1, 0.15) is 12.8 Å². The molecule has 0 unspecified atom stereocenters. The molecule has 2 aromatic heterocycles. The number of methoxy groups -OCH3 is 2. The average Bonchev–Trinajstić information content (AvgIpc) is 2.82. The second-order valence-electron chi connectivity index (χ2n) is 8.38. The zero-order chi connectivity index (χ0) is 23.2. The number of aromatic nitrogens is 3. The summed E-state index contributed by atoms with van der Waals surface area (Å²) < 4.78 is 16.5.